The third kappa shape index (κ3) is 3.94. The van der Waals surface area contributed by atoms with Crippen LogP contribution in [0, 0.1) is 13.8 Å². The molecule has 0 amide bonds. The van der Waals surface area contributed by atoms with E-state index < -0.39 is 0 Å². The van der Waals surface area contributed by atoms with Gasteiger partial charge in [-0.05, 0) is 44.4 Å². The Balaban J connectivity index is 1.68. The van der Waals surface area contributed by atoms with Gasteiger partial charge >= 0.3 is 0 Å². The van der Waals surface area contributed by atoms with Crippen LogP contribution in [0.15, 0.2) is 35.3 Å². The van der Waals surface area contributed by atoms with Gasteiger partial charge in [-0.25, -0.2) is 9.67 Å². The predicted molar refractivity (Wildman–Crippen MR) is 95.3 cm³/mol. The van der Waals surface area contributed by atoms with E-state index in [1.165, 1.54) is 0 Å². The molecule has 1 aliphatic heterocycles. The number of hydrogen-bond donors (Lipinski definition) is 2. The summed E-state index contributed by atoms with van der Waals surface area (Å²) in [5, 5.41) is 7.71. The van der Waals surface area contributed by atoms with E-state index in [2.05, 4.69) is 40.5 Å². The number of aromatic nitrogens is 2. The molecule has 6 heteroatoms. The molecule has 1 atom stereocenters. The number of benzene rings is 1. The molecular formula is C18H25N5O. The zero-order chi connectivity index (χ0) is 16.9. The lowest BCUT2D eigenvalue weighted by atomic mass is 10.2. The van der Waals surface area contributed by atoms with E-state index in [9.17, 15) is 0 Å². The molecule has 3 N–H and O–H groups in total. The molecule has 0 bridgehead atoms. The minimum absolute atomic E-state index is 0.251. The Morgan fingerprint density at radius 1 is 1.42 bits per heavy atom. The van der Waals surface area contributed by atoms with Crippen LogP contribution in [-0.2, 0) is 11.3 Å². The zero-order valence-electron chi connectivity index (χ0n) is 14.3. The maximum Gasteiger partial charge on any atom is 0.189 e. The molecule has 2 aromatic rings. The van der Waals surface area contributed by atoms with Crippen LogP contribution >= 0.6 is 0 Å². The summed E-state index contributed by atoms with van der Waals surface area (Å²) < 4.78 is 7.53. The van der Waals surface area contributed by atoms with E-state index in [1.54, 1.807) is 0 Å². The lowest BCUT2D eigenvalue weighted by Crippen LogP contribution is -2.37. The third-order valence-electron chi connectivity index (χ3n) is 4.18. The van der Waals surface area contributed by atoms with E-state index in [0.29, 0.717) is 19.0 Å². The van der Waals surface area contributed by atoms with E-state index in [0.717, 1.165) is 42.1 Å². The smallest absolute Gasteiger partial charge is 0.189 e. The summed E-state index contributed by atoms with van der Waals surface area (Å²) >= 11 is 0. The summed E-state index contributed by atoms with van der Waals surface area (Å²) in [7, 11) is 0. The van der Waals surface area contributed by atoms with Gasteiger partial charge in [-0.15, -0.1) is 0 Å². The fourth-order valence-corrected chi connectivity index (χ4v) is 2.97. The van der Waals surface area contributed by atoms with Crippen molar-refractivity contribution in [1.29, 1.82) is 0 Å². The first-order chi connectivity index (χ1) is 11.6. The molecule has 1 aliphatic rings. The first-order valence-electron chi connectivity index (χ1n) is 8.40. The van der Waals surface area contributed by atoms with Gasteiger partial charge in [0.15, 0.2) is 5.96 Å². The van der Waals surface area contributed by atoms with Crippen molar-refractivity contribution in [3.05, 3.63) is 47.3 Å². The number of ether oxygens (including phenoxy) is 1. The van der Waals surface area contributed by atoms with Crippen LogP contribution in [-0.4, -0.2) is 35.0 Å². The number of aryl methyl sites for hydroxylation is 2. The molecule has 128 valence electrons. The minimum atomic E-state index is 0.251. The molecule has 24 heavy (non-hydrogen) atoms. The number of guanidine groups is 1. The van der Waals surface area contributed by atoms with Crippen LogP contribution in [0.4, 0.5) is 0 Å². The first-order valence-corrected chi connectivity index (χ1v) is 8.40. The van der Waals surface area contributed by atoms with Crippen LogP contribution in [0.5, 0.6) is 0 Å². The van der Waals surface area contributed by atoms with Gasteiger partial charge in [0.05, 0.1) is 24.0 Å². The highest BCUT2D eigenvalue weighted by atomic mass is 16.5. The molecule has 0 spiro atoms. The molecule has 1 unspecified atom stereocenters. The highest BCUT2D eigenvalue weighted by molar-refractivity contribution is 5.77. The third-order valence-corrected chi connectivity index (χ3v) is 4.18. The number of nitrogens with one attached hydrogen (secondary N) is 1. The van der Waals surface area contributed by atoms with Crippen molar-refractivity contribution in [3.63, 3.8) is 0 Å². The van der Waals surface area contributed by atoms with Gasteiger partial charge in [-0.2, -0.15) is 5.10 Å². The van der Waals surface area contributed by atoms with E-state index in [1.807, 2.05) is 23.7 Å². The largest absolute Gasteiger partial charge is 0.376 e. The van der Waals surface area contributed by atoms with Crippen LogP contribution in [0.3, 0.4) is 0 Å². The highest BCUT2D eigenvalue weighted by Crippen LogP contribution is 2.17. The maximum atomic E-state index is 5.98. The fraction of sp³-hybridized carbons (Fsp3) is 0.444. The van der Waals surface area contributed by atoms with Crippen molar-refractivity contribution in [2.24, 2.45) is 10.7 Å². The maximum absolute atomic E-state index is 5.98. The molecule has 1 aromatic carbocycles. The number of rotatable bonds is 5. The van der Waals surface area contributed by atoms with Crippen molar-refractivity contribution in [1.82, 2.24) is 15.1 Å². The number of nitrogens with two attached hydrogens (primary N) is 1. The molecular weight excluding hydrogens is 302 g/mol. The number of para-hydroxylation sites is 1. The lowest BCUT2D eigenvalue weighted by molar-refractivity contribution is 0.114. The predicted octanol–water partition coefficient (Wildman–Crippen LogP) is 2.07. The normalized spacial score (nSPS) is 18.1. The second-order valence-electron chi connectivity index (χ2n) is 6.19. The van der Waals surface area contributed by atoms with Crippen molar-refractivity contribution in [2.45, 2.75) is 39.3 Å². The second kappa shape index (κ2) is 7.49. The van der Waals surface area contributed by atoms with Gasteiger partial charge in [0.2, 0.25) is 0 Å². The zero-order valence-corrected chi connectivity index (χ0v) is 14.3. The molecule has 0 radical (unpaired) electrons. The Hall–Kier alpha value is -2.34. The van der Waals surface area contributed by atoms with Crippen molar-refractivity contribution in [3.8, 4) is 5.69 Å². The Morgan fingerprint density at radius 3 is 2.96 bits per heavy atom. The Bertz CT molecular complexity index is 716. The first kappa shape index (κ1) is 16.5. The van der Waals surface area contributed by atoms with Gasteiger partial charge in [0.1, 0.15) is 0 Å². The summed E-state index contributed by atoms with van der Waals surface area (Å²) in [6, 6.07) is 10.2. The minimum Gasteiger partial charge on any atom is -0.376 e. The van der Waals surface area contributed by atoms with Crippen LogP contribution in [0.25, 0.3) is 5.69 Å². The average molecular weight is 327 g/mol. The van der Waals surface area contributed by atoms with Gasteiger partial charge in [-0.1, -0.05) is 18.2 Å². The summed E-state index contributed by atoms with van der Waals surface area (Å²) in [5.74, 6) is 0.452. The van der Waals surface area contributed by atoms with E-state index in [-0.39, 0.29) is 6.10 Å². The molecule has 0 aliphatic carbocycles. The Labute approximate surface area is 142 Å². The average Bonchev–Trinajstić information content (AvgIpc) is 3.20. The van der Waals surface area contributed by atoms with Crippen LogP contribution in [0.1, 0.15) is 29.8 Å². The molecule has 2 heterocycles. The van der Waals surface area contributed by atoms with Gasteiger partial charge in [0.25, 0.3) is 0 Å². The van der Waals surface area contributed by atoms with Gasteiger partial charge in [0, 0.05) is 18.8 Å². The SMILES string of the molecule is Cc1cc(C)n(-c2ccccc2CN=C(N)NCC2CCCO2)n1. The molecule has 1 fully saturated rings. The van der Waals surface area contributed by atoms with Crippen LogP contribution in [0.2, 0.25) is 0 Å². The van der Waals surface area contributed by atoms with Gasteiger partial charge < -0.3 is 15.8 Å². The summed E-state index contributed by atoms with van der Waals surface area (Å²) in [6.45, 7) is 6.13. The number of hydrogen-bond acceptors (Lipinski definition) is 3. The second-order valence-corrected chi connectivity index (χ2v) is 6.19. The van der Waals surface area contributed by atoms with Gasteiger partial charge in [-0.3, -0.25) is 0 Å². The molecule has 0 saturated carbocycles. The Morgan fingerprint density at radius 2 is 2.25 bits per heavy atom. The quantitative estimate of drug-likeness (QED) is 0.651. The standard InChI is InChI=1S/C18H25N5O/c1-13-10-14(2)23(22-13)17-8-4-3-6-15(17)11-20-18(19)21-12-16-7-5-9-24-16/h3-4,6,8,10,16H,5,7,9,11-12H2,1-2H3,(H3,19,20,21). The summed E-state index contributed by atoms with van der Waals surface area (Å²) in [4.78, 5) is 4.46. The Kier molecular flexibility index (Phi) is 5.15. The van der Waals surface area contributed by atoms with E-state index >= 15 is 0 Å². The number of nitrogens with zero attached hydrogens (tertiary/aromatic N) is 3. The fourth-order valence-electron chi connectivity index (χ4n) is 2.97. The molecule has 1 aromatic heterocycles. The summed E-state index contributed by atoms with van der Waals surface area (Å²) in [6.07, 6.45) is 2.46. The van der Waals surface area contributed by atoms with Crippen LogP contribution < -0.4 is 11.1 Å². The van der Waals surface area contributed by atoms with E-state index in [4.69, 9.17) is 10.5 Å². The molecule has 1 saturated heterocycles. The number of aliphatic imine (C=N–C) groups is 1. The van der Waals surface area contributed by atoms with Crippen molar-refractivity contribution in [2.75, 3.05) is 13.2 Å². The van der Waals surface area contributed by atoms with Crippen molar-refractivity contribution >= 4 is 5.96 Å². The monoisotopic (exact) mass is 327 g/mol. The summed E-state index contributed by atoms with van der Waals surface area (Å²) in [5.41, 5.74) is 10.2. The molecule has 6 nitrogen and oxygen atoms in total. The highest BCUT2D eigenvalue weighted by Gasteiger charge is 2.15. The lowest BCUT2D eigenvalue weighted by Gasteiger charge is -2.12. The van der Waals surface area contributed by atoms with Crippen molar-refractivity contribution < 1.29 is 4.74 Å². The topological polar surface area (TPSA) is 77.5 Å². The molecule has 3 rings (SSSR count).